The zero-order chi connectivity index (χ0) is 20.7. The van der Waals surface area contributed by atoms with Crippen molar-refractivity contribution >= 4 is 22.6 Å². The summed E-state index contributed by atoms with van der Waals surface area (Å²) in [7, 11) is 3.51. The summed E-state index contributed by atoms with van der Waals surface area (Å²) >= 11 is 1.85. The van der Waals surface area contributed by atoms with E-state index in [0.717, 1.165) is 53.2 Å². The topological polar surface area (TPSA) is 50.2 Å². The SMILES string of the molecule is COc1cc(N2CCCC2)c(OC)cc1[C@@H]1[C@H](c2ccccn2)N=C2S[C@H](C)CN21. The van der Waals surface area contributed by atoms with Crippen LogP contribution in [0.25, 0.3) is 0 Å². The first-order chi connectivity index (χ1) is 14.7. The van der Waals surface area contributed by atoms with Crippen molar-refractivity contribution in [3.05, 3.63) is 47.8 Å². The first-order valence-corrected chi connectivity index (χ1v) is 11.5. The minimum absolute atomic E-state index is 0.0452. The van der Waals surface area contributed by atoms with Crippen LogP contribution in [0.4, 0.5) is 5.69 Å². The second-order valence-corrected chi connectivity index (χ2v) is 9.50. The van der Waals surface area contributed by atoms with Gasteiger partial charge in [0.05, 0.1) is 31.6 Å². The zero-order valence-electron chi connectivity index (χ0n) is 17.7. The number of anilines is 1. The molecule has 158 valence electrons. The second-order valence-electron chi connectivity index (χ2n) is 8.10. The van der Waals surface area contributed by atoms with E-state index in [2.05, 4.69) is 39.9 Å². The highest BCUT2D eigenvalue weighted by molar-refractivity contribution is 8.14. The molecule has 4 heterocycles. The fraction of sp³-hybridized carbons (Fsp3) is 0.478. The van der Waals surface area contributed by atoms with Crippen LogP contribution >= 0.6 is 11.8 Å². The Morgan fingerprint density at radius 2 is 1.87 bits per heavy atom. The number of pyridine rings is 1. The van der Waals surface area contributed by atoms with Gasteiger partial charge in [-0.1, -0.05) is 24.8 Å². The van der Waals surface area contributed by atoms with Crippen LogP contribution in [0.2, 0.25) is 0 Å². The number of thioether (sulfide) groups is 1. The van der Waals surface area contributed by atoms with Crippen molar-refractivity contribution in [3.63, 3.8) is 0 Å². The third kappa shape index (κ3) is 3.29. The van der Waals surface area contributed by atoms with Crippen LogP contribution in [0.1, 0.15) is 43.1 Å². The van der Waals surface area contributed by atoms with Gasteiger partial charge < -0.3 is 19.3 Å². The molecule has 6 nitrogen and oxygen atoms in total. The van der Waals surface area contributed by atoms with Crippen molar-refractivity contribution in [1.29, 1.82) is 0 Å². The average molecular weight is 425 g/mol. The van der Waals surface area contributed by atoms with E-state index >= 15 is 0 Å². The van der Waals surface area contributed by atoms with Gasteiger partial charge in [0, 0.05) is 42.7 Å². The molecule has 2 aromatic rings. The summed E-state index contributed by atoms with van der Waals surface area (Å²) in [5.74, 6) is 1.80. The van der Waals surface area contributed by atoms with Crippen LogP contribution in [0.15, 0.2) is 41.5 Å². The molecule has 7 heteroatoms. The molecule has 30 heavy (non-hydrogen) atoms. The molecule has 2 fully saturated rings. The Morgan fingerprint density at radius 3 is 2.57 bits per heavy atom. The number of fused-ring (bicyclic) bond motifs is 1. The van der Waals surface area contributed by atoms with Crippen LogP contribution in [0.5, 0.6) is 11.5 Å². The fourth-order valence-corrected chi connectivity index (χ4v) is 5.89. The lowest BCUT2D eigenvalue weighted by Crippen LogP contribution is -2.29. The number of amidine groups is 1. The minimum Gasteiger partial charge on any atom is -0.496 e. The molecule has 0 spiro atoms. The first kappa shape index (κ1) is 19.5. The molecule has 3 aliphatic heterocycles. The Balaban J connectivity index is 1.61. The largest absolute Gasteiger partial charge is 0.496 e. The summed E-state index contributed by atoms with van der Waals surface area (Å²) in [6.07, 6.45) is 4.29. The van der Waals surface area contributed by atoms with Crippen LogP contribution in [0.3, 0.4) is 0 Å². The Morgan fingerprint density at radius 1 is 1.07 bits per heavy atom. The van der Waals surface area contributed by atoms with Gasteiger partial charge in [-0.15, -0.1) is 0 Å². The highest BCUT2D eigenvalue weighted by Gasteiger charge is 2.45. The Kier molecular flexibility index (Phi) is 5.23. The van der Waals surface area contributed by atoms with Gasteiger partial charge in [-0.25, -0.2) is 0 Å². The molecule has 1 aromatic carbocycles. The molecule has 0 unspecified atom stereocenters. The van der Waals surface area contributed by atoms with Crippen molar-refractivity contribution in [1.82, 2.24) is 9.88 Å². The quantitative estimate of drug-likeness (QED) is 0.714. The number of aromatic nitrogens is 1. The van der Waals surface area contributed by atoms with Gasteiger partial charge in [0.15, 0.2) is 5.17 Å². The Hall–Kier alpha value is -2.41. The van der Waals surface area contributed by atoms with E-state index < -0.39 is 0 Å². The molecule has 1 aromatic heterocycles. The molecule has 5 rings (SSSR count). The van der Waals surface area contributed by atoms with Crippen molar-refractivity contribution in [2.45, 2.75) is 37.1 Å². The summed E-state index contributed by atoms with van der Waals surface area (Å²) in [4.78, 5) is 14.5. The van der Waals surface area contributed by atoms with E-state index in [0.29, 0.717) is 5.25 Å². The summed E-state index contributed by atoms with van der Waals surface area (Å²) < 4.78 is 11.8. The summed E-state index contributed by atoms with van der Waals surface area (Å²) in [5.41, 5.74) is 3.22. The number of aliphatic imine (C=N–C) groups is 1. The lowest BCUT2D eigenvalue weighted by Gasteiger charge is -2.30. The lowest BCUT2D eigenvalue weighted by molar-refractivity contribution is 0.306. The summed E-state index contributed by atoms with van der Waals surface area (Å²) in [5, 5.41) is 1.63. The van der Waals surface area contributed by atoms with E-state index in [1.807, 2.05) is 30.1 Å². The third-order valence-electron chi connectivity index (χ3n) is 6.18. The molecule has 0 N–H and O–H groups in total. The number of hydrogen-bond donors (Lipinski definition) is 0. The van der Waals surface area contributed by atoms with Gasteiger partial charge in [-0.3, -0.25) is 9.98 Å². The smallest absolute Gasteiger partial charge is 0.160 e. The van der Waals surface area contributed by atoms with Crippen molar-refractivity contribution < 1.29 is 9.47 Å². The molecule has 0 aliphatic carbocycles. The van der Waals surface area contributed by atoms with Gasteiger partial charge in [0.1, 0.15) is 17.5 Å². The number of ether oxygens (including phenoxy) is 2. The number of benzene rings is 1. The predicted molar refractivity (Wildman–Crippen MR) is 122 cm³/mol. The maximum absolute atomic E-state index is 5.93. The third-order valence-corrected chi connectivity index (χ3v) is 7.28. The summed E-state index contributed by atoms with van der Waals surface area (Å²) in [6.45, 7) is 5.35. The fourth-order valence-electron chi connectivity index (χ4n) is 4.80. The molecule has 3 aliphatic rings. The van der Waals surface area contributed by atoms with Gasteiger partial charge >= 0.3 is 0 Å². The standard InChI is InChI=1S/C23H28N4O2S/c1-15-14-27-22(21(25-23(27)30-15)17-8-4-5-9-24-17)16-12-20(29-3)18(13-19(16)28-2)26-10-6-7-11-26/h4-5,8-9,12-13,15,21-22H,6-7,10-11,14H2,1-3H3/t15-,21+,22-/m1/s1. The van der Waals surface area contributed by atoms with Crippen molar-refractivity contribution in [2.24, 2.45) is 4.99 Å². The van der Waals surface area contributed by atoms with Crippen LogP contribution in [-0.2, 0) is 0 Å². The minimum atomic E-state index is -0.0579. The second kappa shape index (κ2) is 8.02. The molecular formula is C23H28N4O2S. The number of methoxy groups -OCH3 is 2. The highest BCUT2D eigenvalue weighted by atomic mass is 32.2. The van der Waals surface area contributed by atoms with E-state index in [-0.39, 0.29) is 12.1 Å². The van der Waals surface area contributed by atoms with E-state index in [1.54, 1.807) is 14.2 Å². The zero-order valence-corrected chi connectivity index (χ0v) is 18.6. The highest BCUT2D eigenvalue weighted by Crippen LogP contribution is 2.51. The normalized spacial score (nSPS) is 25.4. The monoisotopic (exact) mass is 424 g/mol. The van der Waals surface area contributed by atoms with Crippen LogP contribution < -0.4 is 14.4 Å². The maximum atomic E-state index is 5.93. The van der Waals surface area contributed by atoms with Crippen LogP contribution in [-0.4, -0.2) is 54.2 Å². The molecule has 0 saturated carbocycles. The Bertz CT molecular complexity index is 946. The molecular weight excluding hydrogens is 396 g/mol. The average Bonchev–Trinajstić information content (AvgIpc) is 3.49. The molecule has 0 radical (unpaired) electrons. The van der Waals surface area contributed by atoms with Gasteiger partial charge in [-0.2, -0.15) is 0 Å². The number of hydrogen-bond acceptors (Lipinski definition) is 7. The van der Waals surface area contributed by atoms with E-state index in [9.17, 15) is 0 Å². The molecule has 2 saturated heterocycles. The number of rotatable bonds is 5. The van der Waals surface area contributed by atoms with Gasteiger partial charge in [0.2, 0.25) is 0 Å². The molecule has 0 bridgehead atoms. The van der Waals surface area contributed by atoms with Crippen molar-refractivity contribution in [2.75, 3.05) is 38.8 Å². The van der Waals surface area contributed by atoms with E-state index in [1.165, 1.54) is 12.8 Å². The molecule has 0 amide bonds. The van der Waals surface area contributed by atoms with Gasteiger partial charge in [0.25, 0.3) is 0 Å². The number of nitrogens with zero attached hydrogens (tertiary/aromatic N) is 4. The van der Waals surface area contributed by atoms with Crippen LogP contribution in [0, 0.1) is 0 Å². The predicted octanol–water partition coefficient (Wildman–Crippen LogP) is 4.29. The van der Waals surface area contributed by atoms with E-state index in [4.69, 9.17) is 14.5 Å². The Labute approximate surface area is 182 Å². The first-order valence-electron chi connectivity index (χ1n) is 10.6. The molecule has 3 atom stereocenters. The maximum Gasteiger partial charge on any atom is 0.160 e. The lowest BCUT2D eigenvalue weighted by atomic mass is 9.94. The van der Waals surface area contributed by atoms with Gasteiger partial charge in [-0.05, 0) is 31.0 Å². The summed E-state index contributed by atoms with van der Waals surface area (Å²) in [6, 6.07) is 10.4. The van der Waals surface area contributed by atoms with Crippen molar-refractivity contribution in [3.8, 4) is 11.5 Å².